The molecule has 0 fully saturated rings. The molecule has 1 heterocycles. The third-order valence-electron chi connectivity index (χ3n) is 3.50. The van der Waals surface area contributed by atoms with Gasteiger partial charge in [0.05, 0.1) is 17.5 Å². The average Bonchev–Trinajstić information content (AvgIpc) is 2.55. The second kappa shape index (κ2) is 6.75. The average molecular weight is 324 g/mol. The Morgan fingerprint density at radius 2 is 1.96 bits per heavy atom. The van der Waals surface area contributed by atoms with Crippen molar-refractivity contribution in [3.63, 3.8) is 0 Å². The highest BCUT2D eigenvalue weighted by molar-refractivity contribution is 7.71. The van der Waals surface area contributed by atoms with Crippen LogP contribution in [0.2, 0.25) is 0 Å². The normalized spacial score (nSPS) is 10.7. The zero-order valence-electron chi connectivity index (χ0n) is 12.7. The number of para-hydroxylation sites is 1. The third-order valence-corrected chi connectivity index (χ3v) is 3.84. The number of benzene rings is 2. The van der Waals surface area contributed by atoms with Gasteiger partial charge >= 0.3 is 5.97 Å². The van der Waals surface area contributed by atoms with Gasteiger partial charge in [-0.3, -0.25) is 4.79 Å². The third kappa shape index (κ3) is 3.48. The highest BCUT2D eigenvalue weighted by Crippen LogP contribution is 2.26. The molecule has 0 atom stereocenters. The smallest absolute Gasteiger partial charge is 0.310 e. The van der Waals surface area contributed by atoms with E-state index in [1.165, 1.54) is 0 Å². The second-order valence-electron chi connectivity index (χ2n) is 5.15. The Bertz CT molecular complexity index is 912. The highest BCUT2D eigenvalue weighted by atomic mass is 32.1. The topological polar surface area (TPSA) is 39.4 Å². The van der Waals surface area contributed by atoms with Crippen LogP contribution in [-0.2, 0) is 16.0 Å². The van der Waals surface area contributed by atoms with Gasteiger partial charge in [0.2, 0.25) is 0 Å². The summed E-state index contributed by atoms with van der Waals surface area (Å²) in [5, 5.41) is 0.925. The predicted octanol–water partition coefficient (Wildman–Crippen LogP) is 4.93. The first-order chi connectivity index (χ1) is 11.2. The van der Waals surface area contributed by atoms with Gasteiger partial charge in [-0.05, 0) is 30.7 Å². The van der Waals surface area contributed by atoms with Crippen molar-refractivity contribution >= 4 is 29.2 Å². The van der Waals surface area contributed by atoms with Gasteiger partial charge < -0.3 is 9.15 Å². The fraction of sp³-hybridized carbons (Fsp3) is 0.158. The molecule has 116 valence electrons. The zero-order chi connectivity index (χ0) is 16.2. The van der Waals surface area contributed by atoms with Crippen LogP contribution in [0.15, 0.2) is 59.0 Å². The van der Waals surface area contributed by atoms with Gasteiger partial charge in [0, 0.05) is 17.0 Å². The van der Waals surface area contributed by atoms with Crippen LogP contribution in [-0.4, -0.2) is 12.6 Å². The molecule has 0 amide bonds. The highest BCUT2D eigenvalue weighted by Gasteiger charge is 2.08. The molecule has 3 rings (SSSR count). The van der Waals surface area contributed by atoms with E-state index in [0.717, 1.165) is 26.6 Å². The maximum atomic E-state index is 11.6. The van der Waals surface area contributed by atoms with Crippen LogP contribution in [0, 0.1) is 4.51 Å². The molecule has 0 bridgehead atoms. The summed E-state index contributed by atoms with van der Waals surface area (Å²) in [6.45, 7) is 2.19. The van der Waals surface area contributed by atoms with E-state index < -0.39 is 0 Å². The molecule has 23 heavy (non-hydrogen) atoms. The molecule has 0 saturated heterocycles. The van der Waals surface area contributed by atoms with Gasteiger partial charge in [0.25, 0.3) is 0 Å². The number of fused-ring (bicyclic) bond motifs is 1. The minimum Gasteiger partial charge on any atom is -0.466 e. The fourth-order valence-corrected chi connectivity index (χ4v) is 2.74. The minimum absolute atomic E-state index is 0.232. The lowest BCUT2D eigenvalue weighted by Crippen LogP contribution is -2.07. The molecule has 1 aromatic heterocycles. The summed E-state index contributed by atoms with van der Waals surface area (Å²) in [4.78, 5) is 11.6. The first-order valence-electron chi connectivity index (χ1n) is 7.45. The largest absolute Gasteiger partial charge is 0.466 e. The van der Waals surface area contributed by atoms with Gasteiger partial charge in [-0.2, -0.15) is 0 Å². The van der Waals surface area contributed by atoms with Crippen LogP contribution >= 0.6 is 12.2 Å². The number of rotatable bonds is 4. The molecule has 3 nitrogen and oxygen atoms in total. The lowest BCUT2D eigenvalue weighted by Gasteiger charge is -2.06. The number of carbonyl (C=O) groups is 1. The van der Waals surface area contributed by atoms with Crippen molar-refractivity contribution in [3.8, 4) is 11.3 Å². The zero-order valence-corrected chi connectivity index (χ0v) is 13.6. The van der Waals surface area contributed by atoms with E-state index in [1.807, 2.05) is 54.6 Å². The summed E-state index contributed by atoms with van der Waals surface area (Å²) < 4.78 is 11.7. The second-order valence-corrected chi connectivity index (χ2v) is 5.59. The lowest BCUT2D eigenvalue weighted by atomic mass is 10.1. The van der Waals surface area contributed by atoms with Crippen molar-refractivity contribution in [1.82, 2.24) is 0 Å². The Morgan fingerprint density at radius 1 is 1.13 bits per heavy atom. The maximum absolute atomic E-state index is 11.6. The molecular formula is C19H16O3S. The quantitative estimate of drug-likeness (QED) is 0.503. The number of hydrogen-bond donors (Lipinski definition) is 0. The Kier molecular flexibility index (Phi) is 4.53. The molecule has 0 aliphatic heterocycles. The minimum atomic E-state index is -0.232. The van der Waals surface area contributed by atoms with E-state index in [2.05, 4.69) is 0 Å². The van der Waals surface area contributed by atoms with Crippen molar-refractivity contribution in [3.05, 3.63) is 64.7 Å². The summed E-state index contributed by atoms with van der Waals surface area (Å²) >= 11 is 5.44. The van der Waals surface area contributed by atoms with E-state index in [0.29, 0.717) is 12.4 Å². The van der Waals surface area contributed by atoms with Gasteiger partial charge in [-0.25, -0.2) is 0 Å². The van der Waals surface area contributed by atoms with Gasteiger partial charge in [0.1, 0.15) is 11.3 Å². The summed E-state index contributed by atoms with van der Waals surface area (Å²) in [7, 11) is 0. The fourth-order valence-electron chi connectivity index (χ4n) is 2.46. The van der Waals surface area contributed by atoms with E-state index in [-0.39, 0.29) is 12.4 Å². The molecule has 0 radical (unpaired) electrons. The van der Waals surface area contributed by atoms with E-state index in [9.17, 15) is 4.79 Å². The summed E-state index contributed by atoms with van der Waals surface area (Å²) in [6.07, 6.45) is 0.246. The maximum Gasteiger partial charge on any atom is 0.310 e. The van der Waals surface area contributed by atoms with Crippen LogP contribution in [0.5, 0.6) is 0 Å². The van der Waals surface area contributed by atoms with E-state index >= 15 is 0 Å². The summed E-state index contributed by atoms with van der Waals surface area (Å²) in [5.74, 6) is 0.462. The molecule has 0 unspecified atom stereocenters. The Morgan fingerprint density at radius 3 is 2.78 bits per heavy atom. The Hall–Kier alpha value is -2.46. The van der Waals surface area contributed by atoms with Crippen molar-refractivity contribution in [2.75, 3.05) is 6.61 Å². The molecule has 3 aromatic rings. The van der Waals surface area contributed by atoms with Crippen LogP contribution in [0.1, 0.15) is 12.5 Å². The Labute approximate surface area is 139 Å². The van der Waals surface area contributed by atoms with Crippen LogP contribution < -0.4 is 0 Å². The van der Waals surface area contributed by atoms with Crippen molar-refractivity contribution in [2.45, 2.75) is 13.3 Å². The first kappa shape index (κ1) is 15.4. The molecule has 4 heteroatoms. The molecule has 0 aliphatic rings. The monoisotopic (exact) mass is 324 g/mol. The SMILES string of the molecule is CCOC(=O)Cc1cccc(-c2cc(=S)c3ccccc3o2)c1. The predicted molar refractivity (Wildman–Crippen MR) is 92.8 cm³/mol. The summed E-state index contributed by atoms with van der Waals surface area (Å²) in [5.41, 5.74) is 2.53. The first-order valence-corrected chi connectivity index (χ1v) is 7.86. The van der Waals surface area contributed by atoms with Gasteiger partial charge in [-0.15, -0.1) is 0 Å². The van der Waals surface area contributed by atoms with Crippen molar-refractivity contribution in [2.24, 2.45) is 0 Å². The number of ether oxygens (including phenoxy) is 1. The van der Waals surface area contributed by atoms with Crippen molar-refractivity contribution < 1.29 is 13.9 Å². The number of esters is 1. The van der Waals surface area contributed by atoms with Gasteiger partial charge in [0.15, 0.2) is 0 Å². The molecule has 0 N–H and O–H groups in total. The van der Waals surface area contributed by atoms with Crippen LogP contribution in [0.4, 0.5) is 0 Å². The van der Waals surface area contributed by atoms with Crippen molar-refractivity contribution in [1.29, 1.82) is 0 Å². The Balaban J connectivity index is 1.99. The van der Waals surface area contributed by atoms with E-state index in [1.54, 1.807) is 6.92 Å². The lowest BCUT2D eigenvalue weighted by molar-refractivity contribution is -0.142. The summed E-state index contributed by atoms with van der Waals surface area (Å²) in [6, 6.07) is 17.2. The standard InChI is InChI=1S/C19H16O3S/c1-2-21-19(20)11-13-6-5-7-14(10-13)17-12-18(23)15-8-3-4-9-16(15)22-17/h3-10,12H,2,11H2,1H3. The molecule has 0 aliphatic carbocycles. The molecule has 0 saturated carbocycles. The molecule has 2 aromatic carbocycles. The molecular weight excluding hydrogens is 308 g/mol. The van der Waals surface area contributed by atoms with Gasteiger partial charge in [-0.1, -0.05) is 42.5 Å². The molecule has 0 spiro atoms. The van der Waals surface area contributed by atoms with E-state index in [4.69, 9.17) is 21.4 Å². The van der Waals surface area contributed by atoms with Crippen LogP contribution in [0.25, 0.3) is 22.3 Å². The van der Waals surface area contributed by atoms with Crippen LogP contribution in [0.3, 0.4) is 0 Å². The number of carbonyl (C=O) groups excluding carboxylic acids is 1. The number of hydrogen-bond acceptors (Lipinski definition) is 4.